The minimum atomic E-state index is 0.531. The Labute approximate surface area is 92.1 Å². The highest BCUT2D eigenvalue weighted by atomic mass is 15.2. The second-order valence-electron chi connectivity index (χ2n) is 3.76. The lowest BCUT2D eigenvalue weighted by molar-refractivity contribution is 0.768. The van der Waals surface area contributed by atoms with Gasteiger partial charge in [-0.1, -0.05) is 6.07 Å². The van der Waals surface area contributed by atoms with Gasteiger partial charge in [-0.25, -0.2) is 4.52 Å². The van der Waals surface area contributed by atoms with Crippen LogP contribution in [0.1, 0.15) is 0 Å². The van der Waals surface area contributed by atoms with Crippen molar-refractivity contribution in [3.63, 3.8) is 0 Å². The lowest BCUT2D eigenvalue weighted by atomic mass is 10.1. The number of pyridine rings is 1. The summed E-state index contributed by atoms with van der Waals surface area (Å²) >= 11 is 0. The predicted octanol–water partition coefficient (Wildman–Crippen LogP) is 1.32. The third-order valence-corrected chi connectivity index (χ3v) is 2.52. The fraction of sp³-hybridized carbons (Fsp3) is 0.0909. The first-order valence-electron chi connectivity index (χ1n) is 4.96. The molecule has 0 atom stereocenters. The van der Waals surface area contributed by atoms with E-state index < -0.39 is 0 Å². The molecule has 0 aliphatic rings. The topological polar surface area (TPSA) is 61.1 Å². The minimum Gasteiger partial charge on any atom is -0.382 e. The third-order valence-electron chi connectivity index (χ3n) is 2.52. The number of nitrogens with zero attached hydrogens (tertiary/aromatic N) is 4. The van der Waals surface area contributed by atoms with E-state index in [-0.39, 0.29) is 0 Å². The van der Waals surface area contributed by atoms with Crippen molar-refractivity contribution in [3.05, 3.63) is 36.8 Å². The summed E-state index contributed by atoms with van der Waals surface area (Å²) in [6, 6.07) is 5.87. The van der Waals surface area contributed by atoms with Crippen molar-refractivity contribution in [3.8, 4) is 11.1 Å². The summed E-state index contributed by atoms with van der Waals surface area (Å²) < 4.78 is 3.55. The summed E-state index contributed by atoms with van der Waals surface area (Å²) in [7, 11) is 1.90. The molecule has 3 aromatic rings. The molecule has 3 rings (SSSR count). The molecule has 0 spiro atoms. The molecule has 0 unspecified atom stereocenters. The van der Waals surface area contributed by atoms with E-state index >= 15 is 0 Å². The van der Waals surface area contributed by atoms with Crippen LogP contribution in [0.2, 0.25) is 0 Å². The molecule has 0 saturated heterocycles. The number of nitrogens with two attached hydrogens (primary N) is 1. The fourth-order valence-corrected chi connectivity index (χ4v) is 1.75. The lowest BCUT2D eigenvalue weighted by Gasteiger charge is -1.98. The Balaban J connectivity index is 2.17. The molecule has 0 aromatic carbocycles. The quantitative estimate of drug-likeness (QED) is 0.663. The van der Waals surface area contributed by atoms with Crippen LogP contribution in [0.25, 0.3) is 16.6 Å². The smallest absolute Gasteiger partial charge is 0.146 e. The Hall–Kier alpha value is -2.30. The molecule has 3 aromatic heterocycles. The zero-order valence-electron chi connectivity index (χ0n) is 8.83. The number of fused-ring (bicyclic) bond motifs is 1. The van der Waals surface area contributed by atoms with Crippen LogP contribution in [-0.4, -0.2) is 19.4 Å². The highest BCUT2D eigenvalue weighted by Crippen LogP contribution is 2.19. The van der Waals surface area contributed by atoms with Crippen molar-refractivity contribution in [1.29, 1.82) is 0 Å². The fourth-order valence-electron chi connectivity index (χ4n) is 1.75. The van der Waals surface area contributed by atoms with Gasteiger partial charge < -0.3 is 5.73 Å². The Morgan fingerprint density at radius 3 is 2.81 bits per heavy atom. The highest BCUT2D eigenvalue weighted by Gasteiger charge is 2.03. The van der Waals surface area contributed by atoms with Gasteiger partial charge in [0.25, 0.3) is 0 Å². The monoisotopic (exact) mass is 213 g/mol. The average molecular weight is 213 g/mol. The van der Waals surface area contributed by atoms with E-state index in [0.717, 1.165) is 16.6 Å². The molecule has 16 heavy (non-hydrogen) atoms. The number of nitrogen functional groups attached to an aromatic ring is 1. The lowest BCUT2D eigenvalue weighted by Crippen LogP contribution is -1.89. The van der Waals surface area contributed by atoms with E-state index in [4.69, 9.17) is 5.73 Å². The molecular weight excluding hydrogens is 202 g/mol. The highest BCUT2D eigenvalue weighted by molar-refractivity contribution is 5.65. The van der Waals surface area contributed by atoms with Gasteiger partial charge in [0.05, 0.1) is 11.7 Å². The van der Waals surface area contributed by atoms with Crippen LogP contribution in [0.3, 0.4) is 0 Å². The molecule has 0 aliphatic heterocycles. The molecule has 0 fully saturated rings. The summed E-state index contributed by atoms with van der Waals surface area (Å²) in [6.07, 6.45) is 5.74. The zero-order valence-corrected chi connectivity index (χ0v) is 8.83. The molecule has 5 heteroatoms. The zero-order chi connectivity index (χ0) is 11.1. The maximum absolute atomic E-state index is 5.64. The van der Waals surface area contributed by atoms with Crippen molar-refractivity contribution < 1.29 is 0 Å². The number of hydrogen-bond acceptors (Lipinski definition) is 3. The van der Waals surface area contributed by atoms with Gasteiger partial charge >= 0.3 is 0 Å². The molecular formula is C11H11N5. The minimum absolute atomic E-state index is 0.531. The first-order chi connectivity index (χ1) is 7.72. The van der Waals surface area contributed by atoms with Crippen LogP contribution in [0.4, 0.5) is 5.82 Å². The van der Waals surface area contributed by atoms with Crippen molar-refractivity contribution in [1.82, 2.24) is 19.4 Å². The molecule has 80 valence electrons. The molecule has 0 bridgehead atoms. The van der Waals surface area contributed by atoms with Crippen molar-refractivity contribution in [2.24, 2.45) is 7.05 Å². The van der Waals surface area contributed by atoms with Gasteiger partial charge in [-0.15, -0.1) is 0 Å². The normalized spacial score (nSPS) is 11.1. The second kappa shape index (κ2) is 3.10. The molecule has 0 radical (unpaired) electrons. The first kappa shape index (κ1) is 8.96. The van der Waals surface area contributed by atoms with E-state index in [0.29, 0.717) is 5.82 Å². The van der Waals surface area contributed by atoms with E-state index in [1.165, 1.54) is 0 Å². The summed E-state index contributed by atoms with van der Waals surface area (Å²) in [4.78, 5) is 0. The SMILES string of the molecule is Cn1cc(-c2ccc3cc(N)nn3c2)cn1. The Bertz CT molecular complexity index is 649. The Morgan fingerprint density at radius 2 is 2.06 bits per heavy atom. The summed E-state index contributed by atoms with van der Waals surface area (Å²) in [5, 5.41) is 8.31. The van der Waals surface area contributed by atoms with Gasteiger partial charge in [-0.05, 0) is 6.07 Å². The number of hydrogen-bond donors (Lipinski definition) is 1. The van der Waals surface area contributed by atoms with Crippen LogP contribution >= 0.6 is 0 Å². The maximum atomic E-state index is 5.64. The first-order valence-corrected chi connectivity index (χ1v) is 4.96. The van der Waals surface area contributed by atoms with Gasteiger partial charge in [0, 0.05) is 36.6 Å². The van der Waals surface area contributed by atoms with E-state index in [1.807, 2.05) is 43.8 Å². The average Bonchev–Trinajstić information content (AvgIpc) is 2.81. The van der Waals surface area contributed by atoms with E-state index in [9.17, 15) is 0 Å². The van der Waals surface area contributed by atoms with Crippen molar-refractivity contribution in [2.75, 3.05) is 5.73 Å². The molecule has 2 N–H and O–H groups in total. The van der Waals surface area contributed by atoms with Gasteiger partial charge in [-0.2, -0.15) is 10.2 Å². The summed E-state index contributed by atoms with van der Waals surface area (Å²) in [5.41, 5.74) is 8.77. The van der Waals surface area contributed by atoms with Crippen LogP contribution in [0.5, 0.6) is 0 Å². The molecule has 0 aliphatic carbocycles. The number of aryl methyl sites for hydroxylation is 1. The molecule has 0 saturated carbocycles. The van der Waals surface area contributed by atoms with Gasteiger partial charge in [0.1, 0.15) is 5.82 Å². The molecule has 3 heterocycles. The van der Waals surface area contributed by atoms with Crippen molar-refractivity contribution in [2.45, 2.75) is 0 Å². The van der Waals surface area contributed by atoms with E-state index in [2.05, 4.69) is 10.2 Å². The largest absolute Gasteiger partial charge is 0.382 e. The summed E-state index contributed by atoms with van der Waals surface area (Å²) in [6.45, 7) is 0. The van der Waals surface area contributed by atoms with Crippen LogP contribution in [-0.2, 0) is 7.05 Å². The second-order valence-corrected chi connectivity index (χ2v) is 3.76. The van der Waals surface area contributed by atoms with Crippen LogP contribution < -0.4 is 5.73 Å². The molecule has 0 amide bonds. The molecule has 5 nitrogen and oxygen atoms in total. The van der Waals surface area contributed by atoms with Gasteiger partial charge in [0.2, 0.25) is 0 Å². The van der Waals surface area contributed by atoms with Crippen molar-refractivity contribution >= 4 is 11.3 Å². The predicted molar refractivity (Wildman–Crippen MR) is 61.8 cm³/mol. The third kappa shape index (κ3) is 1.33. The van der Waals surface area contributed by atoms with E-state index in [1.54, 1.807) is 9.20 Å². The number of anilines is 1. The Kier molecular flexibility index (Phi) is 1.73. The number of rotatable bonds is 1. The van der Waals surface area contributed by atoms with Gasteiger partial charge in [0.15, 0.2) is 0 Å². The van der Waals surface area contributed by atoms with Crippen LogP contribution in [0, 0.1) is 0 Å². The standard InChI is InChI=1S/C11H11N5/c1-15-6-9(5-13-15)8-2-3-10-4-11(12)14-16(10)7-8/h2-7H,1H3,(H2,12,14). The van der Waals surface area contributed by atoms with Gasteiger partial charge in [-0.3, -0.25) is 4.68 Å². The number of aromatic nitrogens is 4. The van der Waals surface area contributed by atoms with Crippen LogP contribution in [0.15, 0.2) is 36.8 Å². The maximum Gasteiger partial charge on any atom is 0.146 e. The summed E-state index contributed by atoms with van der Waals surface area (Å²) in [5.74, 6) is 0.531. The Morgan fingerprint density at radius 1 is 1.19 bits per heavy atom.